The lowest BCUT2D eigenvalue weighted by atomic mass is 9.92. The average Bonchev–Trinajstić information content (AvgIpc) is 4.42. The van der Waals surface area contributed by atoms with E-state index in [4.69, 9.17) is 0 Å². The van der Waals surface area contributed by atoms with E-state index in [-0.39, 0.29) is 0 Å². The summed E-state index contributed by atoms with van der Waals surface area (Å²) in [5.41, 5.74) is 12.2. The number of anilines is 5. The Morgan fingerprint density at radius 2 is 0.907 bits per heavy atom. The number of hydrogen-bond donors (Lipinski definition) is 12. The van der Waals surface area contributed by atoms with Gasteiger partial charge in [0.25, 0.3) is 0 Å². The minimum absolute atomic E-state index is 0.655. The van der Waals surface area contributed by atoms with Gasteiger partial charge in [-0.15, -0.1) is 0 Å². The van der Waals surface area contributed by atoms with Crippen LogP contribution in [0.4, 0.5) is 29.7 Å². The fraction of sp³-hybridized carbons (Fsp3) is 0.554. The number of H-pyrrole nitrogens is 5. The van der Waals surface area contributed by atoms with Crippen LogP contribution in [0, 0.1) is 26.7 Å². The predicted molar refractivity (Wildman–Crippen MR) is 376 cm³/mol. The molecule has 12 N–H and O–H groups in total. The van der Waals surface area contributed by atoms with Crippen LogP contribution in [0.1, 0.15) is 178 Å². The molecule has 2 aromatic carbocycles. The van der Waals surface area contributed by atoms with Crippen molar-refractivity contribution in [3.8, 4) is 0 Å². The molecule has 2 fully saturated rings. The summed E-state index contributed by atoms with van der Waals surface area (Å²) in [4.78, 5) is 54.0. The van der Waals surface area contributed by atoms with E-state index < -0.39 is 0 Å². The second kappa shape index (κ2) is 48.3. The quantitative estimate of drug-likeness (QED) is 0.0763. The van der Waals surface area contributed by atoms with Gasteiger partial charge in [0.1, 0.15) is 16.9 Å². The molecule has 3 aliphatic rings. The number of imidazole rings is 5. The molecule has 21 nitrogen and oxygen atoms in total. The maximum atomic E-state index is 4.44. The topological polar surface area (TPSA) is 279 Å². The Labute approximate surface area is 517 Å². The molecule has 0 radical (unpaired) electrons. The van der Waals surface area contributed by atoms with E-state index in [0.717, 1.165) is 110 Å². The Bertz CT molecular complexity index is 2930. The van der Waals surface area contributed by atoms with Gasteiger partial charge in [0.2, 0.25) is 23.8 Å². The van der Waals surface area contributed by atoms with E-state index in [0.29, 0.717) is 17.7 Å². The molecule has 1 saturated heterocycles. The van der Waals surface area contributed by atoms with Crippen LogP contribution in [-0.4, -0.2) is 125 Å². The number of aromatic nitrogens is 13. The fourth-order valence-corrected chi connectivity index (χ4v) is 8.39. The number of aromatic amines is 5. The van der Waals surface area contributed by atoms with Crippen molar-refractivity contribution in [2.24, 2.45) is 10.9 Å². The fourth-order valence-electron chi connectivity index (χ4n) is 8.39. The number of para-hydroxylation sites is 4. The van der Waals surface area contributed by atoms with E-state index in [1.54, 1.807) is 6.20 Å². The zero-order valence-electron chi connectivity index (χ0n) is 58.0. The molecule has 0 bridgehead atoms. The van der Waals surface area contributed by atoms with Crippen LogP contribution in [0.5, 0.6) is 0 Å². The number of fused-ring (bicyclic) bond motifs is 6. The molecule has 1 saturated carbocycles. The van der Waals surface area contributed by atoms with Gasteiger partial charge >= 0.3 is 0 Å². The molecule has 3 atom stereocenters. The monoisotopic (exact) mass is 1190 g/mol. The number of guanidine groups is 1. The van der Waals surface area contributed by atoms with E-state index >= 15 is 0 Å². The zero-order valence-corrected chi connectivity index (χ0v) is 58.0. The highest BCUT2D eigenvalue weighted by atomic mass is 15.3. The van der Waals surface area contributed by atoms with Gasteiger partial charge in [-0.05, 0) is 89.1 Å². The van der Waals surface area contributed by atoms with Gasteiger partial charge in [-0.2, -0.15) is 4.98 Å². The van der Waals surface area contributed by atoms with Crippen LogP contribution < -0.4 is 37.2 Å². The summed E-state index contributed by atoms with van der Waals surface area (Å²) < 4.78 is 0. The summed E-state index contributed by atoms with van der Waals surface area (Å²) in [6.45, 7) is 40.0. The first-order valence-electron chi connectivity index (χ1n) is 31.9. The van der Waals surface area contributed by atoms with Gasteiger partial charge in [-0.3, -0.25) is 9.98 Å². The molecule has 86 heavy (non-hydrogen) atoms. The number of nitrogens with one attached hydrogen (secondary N) is 12. The molecule has 3 unspecified atom stereocenters. The molecular formula is C65H117N21. The van der Waals surface area contributed by atoms with Crippen LogP contribution >= 0.6 is 0 Å². The lowest BCUT2D eigenvalue weighted by Crippen LogP contribution is -2.36. The second-order valence-corrected chi connectivity index (χ2v) is 17.2. The molecule has 0 amide bonds. The summed E-state index contributed by atoms with van der Waals surface area (Å²) in [5, 5.41) is 21.6. The van der Waals surface area contributed by atoms with Crippen LogP contribution in [0.25, 0.3) is 44.3 Å². The smallest absolute Gasteiger partial charge is 0.202 e. The van der Waals surface area contributed by atoms with Crippen molar-refractivity contribution in [2.45, 2.75) is 196 Å². The molecule has 12 rings (SSSR count). The first-order chi connectivity index (χ1) is 42.0. The van der Waals surface area contributed by atoms with Crippen molar-refractivity contribution in [3.05, 3.63) is 89.4 Å². The number of aliphatic imine (C=N–C) groups is 1. The summed E-state index contributed by atoms with van der Waals surface area (Å²) in [5.74, 6) is 6.58. The molecule has 482 valence electrons. The third-order valence-corrected chi connectivity index (χ3v) is 12.1. The van der Waals surface area contributed by atoms with Crippen molar-refractivity contribution in [1.29, 1.82) is 0 Å². The van der Waals surface area contributed by atoms with Gasteiger partial charge in [-0.25, -0.2) is 29.9 Å². The maximum Gasteiger partial charge on any atom is 0.202 e. The SMILES string of the molecule is CC.CC.CC.CC.CC.CC.CC.CC.CN=C1NC2CCCCC2N1.CNc1nc2c(C)nccc2[nH]1.CNc1nc2c([nH]1)CC(C)CC2.CNc1nc2ccccc2[nH]1.CNc1nc2ccccc2[nH]1.CNc1nc2nc(C)nc(C)c2[nH]1. The normalized spacial score (nSPS) is 13.9. The van der Waals surface area contributed by atoms with Crippen LogP contribution in [0.2, 0.25) is 0 Å². The lowest BCUT2D eigenvalue weighted by Gasteiger charge is -2.23. The van der Waals surface area contributed by atoms with Gasteiger partial charge < -0.3 is 62.1 Å². The highest BCUT2D eigenvalue weighted by molar-refractivity contribution is 5.83. The van der Waals surface area contributed by atoms with E-state index in [1.807, 2.05) is 228 Å². The highest BCUT2D eigenvalue weighted by Crippen LogP contribution is 2.25. The Morgan fingerprint density at radius 1 is 0.465 bits per heavy atom. The largest absolute Gasteiger partial charge is 0.359 e. The minimum Gasteiger partial charge on any atom is -0.359 e. The first kappa shape index (κ1) is 80.1. The number of benzene rings is 2. The Hall–Kier alpha value is -7.97. The maximum absolute atomic E-state index is 4.44. The van der Waals surface area contributed by atoms with Gasteiger partial charge in [0, 0.05) is 66.3 Å². The zero-order chi connectivity index (χ0) is 65.6. The van der Waals surface area contributed by atoms with E-state index in [1.165, 1.54) is 43.5 Å². The summed E-state index contributed by atoms with van der Waals surface area (Å²) >= 11 is 0. The number of nitrogens with zero attached hydrogens (tertiary/aromatic N) is 9. The molecule has 1 aliphatic heterocycles. The first-order valence-corrected chi connectivity index (χ1v) is 31.9. The Morgan fingerprint density at radius 3 is 1.36 bits per heavy atom. The van der Waals surface area contributed by atoms with Crippen molar-refractivity contribution < 1.29 is 0 Å². The summed E-state index contributed by atoms with van der Waals surface area (Å²) in [6.07, 6.45) is 10.7. The van der Waals surface area contributed by atoms with Crippen molar-refractivity contribution in [3.63, 3.8) is 0 Å². The molecule has 2 aliphatic carbocycles. The molecule has 0 spiro atoms. The second-order valence-electron chi connectivity index (χ2n) is 17.2. The Balaban J connectivity index is 0. The third-order valence-electron chi connectivity index (χ3n) is 12.1. The predicted octanol–water partition coefficient (Wildman–Crippen LogP) is 15.8. The molecule has 8 heterocycles. The number of pyridine rings is 1. The van der Waals surface area contributed by atoms with Crippen LogP contribution in [-0.2, 0) is 12.8 Å². The van der Waals surface area contributed by atoms with Gasteiger partial charge in [0.15, 0.2) is 17.6 Å². The summed E-state index contributed by atoms with van der Waals surface area (Å²) in [6, 6.07) is 19.1. The Kier molecular flexibility index (Phi) is 45.0. The minimum atomic E-state index is 0.655. The average molecular weight is 1190 g/mol. The third kappa shape index (κ3) is 26.1. The van der Waals surface area contributed by atoms with Crippen molar-refractivity contribution >= 4 is 80.0 Å². The molecule has 9 aromatic rings. The van der Waals surface area contributed by atoms with Gasteiger partial charge in [0.05, 0.1) is 44.7 Å². The van der Waals surface area contributed by atoms with Crippen molar-refractivity contribution in [2.75, 3.05) is 68.9 Å². The molecule has 7 aromatic heterocycles. The summed E-state index contributed by atoms with van der Waals surface area (Å²) in [7, 11) is 11.1. The van der Waals surface area contributed by atoms with E-state index in [9.17, 15) is 0 Å². The molecular weight excluding hydrogens is 1070 g/mol. The van der Waals surface area contributed by atoms with Crippen LogP contribution in [0.15, 0.2) is 65.8 Å². The van der Waals surface area contributed by atoms with Crippen LogP contribution in [0.3, 0.4) is 0 Å². The lowest BCUT2D eigenvalue weighted by molar-refractivity contribution is 0.374. The molecule has 21 heteroatoms. The number of rotatable bonds is 5. The highest BCUT2D eigenvalue weighted by Gasteiger charge is 2.31. The number of hydrogen-bond acceptors (Lipinski definition) is 14. The number of aryl methyl sites for hydroxylation is 4. The van der Waals surface area contributed by atoms with E-state index in [2.05, 4.69) is 114 Å². The van der Waals surface area contributed by atoms with Gasteiger partial charge in [-0.1, -0.05) is 155 Å². The van der Waals surface area contributed by atoms with Crippen molar-refractivity contribution in [1.82, 2.24) is 75.4 Å². The standard InChI is InChI=1S/C9H15N3.C8H11N5.C8H10N4.C8H15N3.2C8H9N3.8C2H6/c1-6-3-4-7-8(5-6)12-9(10-2)11-7;1-4-6-7(11-5(2)10-4)13-8(9-3)12-6;1-5-7-6(3-4-10-5)11-8(9-2)12-7;3*1-9-8-10-6-4-2-3-5-7(6)11-8;8*1-2/h6H,3-5H2,1-2H3,(H2,10,11,12);1-3H3,(H2,9,10,11,12,13);3-4H,1-2H3,(H2,9,11,12);6-7H,2-5H2,1H3,(H2,9,10,11);2*2-5H,1H3,(H2,9,10,11);8*1-2H3.